The van der Waals surface area contributed by atoms with Gasteiger partial charge in [-0.1, -0.05) is 29.8 Å². The Morgan fingerprint density at radius 1 is 1.18 bits per heavy atom. The lowest BCUT2D eigenvalue weighted by atomic mass is 10.1. The van der Waals surface area contributed by atoms with Gasteiger partial charge < -0.3 is 14.5 Å². The van der Waals surface area contributed by atoms with Crippen molar-refractivity contribution in [2.45, 2.75) is 31.3 Å². The Labute approximate surface area is 208 Å². The number of benzene rings is 1. The van der Waals surface area contributed by atoms with E-state index < -0.39 is 22.1 Å². The zero-order chi connectivity index (χ0) is 24.1. The van der Waals surface area contributed by atoms with Gasteiger partial charge in [-0.2, -0.15) is 0 Å². The zero-order valence-electron chi connectivity index (χ0n) is 18.7. The first-order valence-electron chi connectivity index (χ1n) is 11.3. The number of ether oxygens (including phenoxy) is 1. The first-order chi connectivity index (χ1) is 16.3. The number of thiophene rings is 1. The third kappa shape index (κ3) is 6.37. The molecule has 8 nitrogen and oxygen atoms in total. The Kier molecular flexibility index (Phi) is 8.26. The van der Waals surface area contributed by atoms with Gasteiger partial charge in [0.1, 0.15) is 12.1 Å². The fourth-order valence-corrected chi connectivity index (χ4v) is 6.39. The summed E-state index contributed by atoms with van der Waals surface area (Å²) in [5, 5.41) is 2.53. The van der Waals surface area contributed by atoms with Gasteiger partial charge in [0, 0.05) is 36.0 Å². The summed E-state index contributed by atoms with van der Waals surface area (Å²) in [4.78, 5) is 30.9. The second kappa shape index (κ2) is 11.2. The van der Waals surface area contributed by atoms with Crippen LogP contribution in [0.15, 0.2) is 41.8 Å². The lowest BCUT2D eigenvalue weighted by Gasteiger charge is -2.34. The first kappa shape index (κ1) is 25.1. The highest BCUT2D eigenvalue weighted by Crippen LogP contribution is 2.23. The fraction of sp³-hybridized carbons (Fsp3) is 0.478. The molecule has 2 aliphatic heterocycles. The molecular weight excluding hydrogens is 498 g/mol. The minimum Gasteiger partial charge on any atom is -0.378 e. The number of aryl methyl sites for hydroxylation is 1. The Balaban J connectivity index is 1.42. The van der Waals surface area contributed by atoms with E-state index in [4.69, 9.17) is 16.3 Å². The van der Waals surface area contributed by atoms with Crippen LogP contribution in [-0.4, -0.2) is 80.7 Å². The van der Waals surface area contributed by atoms with E-state index in [0.717, 1.165) is 10.4 Å². The van der Waals surface area contributed by atoms with E-state index in [1.54, 1.807) is 34.1 Å². The summed E-state index contributed by atoms with van der Waals surface area (Å²) < 4.78 is 33.3. The minimum absolute atomic E-state index is 0.115. The minimum atomic E-state index is -3.69. The van der Waals surface area contributed by atoms with Crippen LogP contribution in [0.3, 0.4) is 0 Å². The maximum atomic E-state index is 13.4. The summed E-state index contributed by atoms with van der Waals surface area (Å²) in [5.74, 6) is -0.599. The van der Waals surface area contributed by atoms with Gasteiger partial charge >= 0.3 is 0 Å². The highest BCUT2D eigenvalue weighted by Gasteiger charge is 2.42. The molecule has 0 saturated carbocycles. The lowest BCUT2D eigenvalue weighted by Crippen LogP contribution is -2.54. The number of hydrogen-bond acceptors (Lipinski definition) is 6. The van der Waals surface area contributed by atoms with Gasteiger partial charge in [-0.15, -0.1) is 11.3 Å². The molecular formula is C23H28ClN3O5S2. The molecule has 1 N–H and O–H groups in total. The fourth-order valence-electron chi connectivity index (χ4n) is 4.24. The van der Waals surface area contributed by atoms with Crippen molar-refractivity contribution in [2.24, 2.45) is 0 Å². The van der Waals surface area contributed by atoms with Gasteiger partial charge in [0.05, 0.1) is 19.0 Å². The van der Waals surface area contributed by atoms with Crippen molar-refractivity contribution >= 4 is 44.8 Å². The highest BCUT2D eigenvalue weighted by molar-refractivity contribution is 7.89. The topological polar surface area (TPSA) is 96.0 Å². The molecule has 3 heterocycles. The van der Waals surface area contributed by atoms with Crippen LogP contribution >= 0.6 is 22.9 Å². The number of nitrogens with one attached hydrogen (secondary N) is 1. The molecule has 0 spiro atoms. The van der Waals surface area contributed by atoms with Crippen LogP contribution in [0.4, 0.5) is 0 Å². The zero-order valence-corrected chi connectivity index (χ0v) is 21.1. The summed E-state index contributed by atoms with van der Waals surface area (Å²) >= 11 is 7.42. The van der Waals surface area contributed by atoms with Gasteiger partial charge in [0.15, 0.2) is 0 Å². The average molecular weight is 526 g/mol. The summed E-state index contributed by atoms with van der Waals surface area (Å²) in [5.41, 5.74) is 0.848. The van der Waals surface area contributed by atoms with Gasteiger partial charge in [-0.25, -0.2) is 13.1 Å². The van der Waals surface area contributed by atoms with Crippen molar-refractivity contribution in [3.05, 3.63) is 57.2 Å². The third-order valence-electron chi connectivity index (χ3n) is 6.09. The molecule has 34 heavy (non-hydrogen) atoms. The average Bonchev–Trinajstić information content (AvgIpc) is 3.47. The molecule has 11 heteroatoms. The predicted octanol–water partition coefficient (Wildman–Crippen LogP) is 1.93. The molecule has 2 atom stereocenters. The Morgan fingerprint density at radius 3 is 2.59 bits per heavy atom. The standard InChI is InChI=1S/C23H28ClN3O5S2/c24-18-5-3-17(4-6-18)8-15-34(30,31)25-20-7-9-27(22(20)28)21(16-19-2-1-14-33-19)23(29)26-10-12-32-13-11-26/h1-6,14,20-21,25H,7-13,15-16H2/t20-,21-/m0/s1. The van der Waals surface area contributed by atoms with Crippen LogP contribution in [-0.2, 0) is 37.2 Å². The number of sulfonamides is 1. The summed E-state index contributed by atoms with van der Waals surface area (Å²) in [7, 11) is -3.69. The maximum absolute atomic E-state index is 13.4. The van der Waals surface area contributed by atoms with Gasteiger partial charge in [0.25, 0.3) is 0 Å². The summed E-state index contributed by atoms with van der Waals surface area (Å²) in [6.07, 6.45) is 1.06. The van der Waals surface area contributed by atoms with Crippen LogP contribution in [0, 0.1) is 0 Å². The molecule has 4 rings (SSSR count). The quantitative estimate of drug-likeness (QED) is 0.540. The molecule has 2 saturated heterocycles. The van der Waals surface area contributed by atoms with Crippen molar-refractivity contribution < 1.29 is 22.7 Å². The van der Waals surface area contributed by atoms with E-state index in [2.05, 4.69) is 4.72 Å². The Hall–Kier alpha value is -1.98. The Bertz CT molecular complexity index is 1090. The molecule has 2 amide bonds. The molecule has 2 aromatic rings. The van der Waals surface area contributed by atoms with E-state index >= 15 is 0 Å². The van der Waals surface area contributed by atoms with Crippen molar-refractivity contribution in [3.8, 4) is 0 Å². The van der Waals surface area contributed by atoms with Crippen molar-refractivity contribution in [1.82, 2.24) is 14.5 Å². The molecule has 1 aromatic carbocycles. The van der Waals surface area contributed by atoms with E-state index in [-0.39, 0.29) is 17.6 Å². The number of rotatable bonds is 9. The van der Waals surface area contributed by atoms with E-state index in [0.29, 0.717) is 57.1 Å². The van der Waals surface area contributed by atoms with Crippen LogP contribution in [0.2, 0.25) is 5.02 Å². The van der Waals surface area contributed by atoms with Gasteiger partial charge in [-0.3, -0.25) is 9.59 Å². The second-order valence-electron chi connectivity index (χ2n) is 8.42. The van der Waals surface area contributed by atoms with Crippen LogP contribution in [0.25, 0.3) is 0 Å². The molecule has 0 bridgehead atoms. The van der Waals surface area contributed by atoms with Crippen molar-refractivity contribution in [1.29, 1.82) is 0 Å². The molecule has 0 radical (unpaired) electrons. The number of nitrogens with zero attached hydrogens (tertiary/aromatic N) is 2. The van der Waals surface area contributed by atoms with Crippen LogP contribution < -0.4 is 4.72 Å². The number of amides is 2. The molecule has 184 valence electrons. The number of carbonyl (C=O) groups excluding carboxylic acids is 2. The van der Waals surface area contributed by atoms with E-state index in [9.17, 15) is 18.0 Å². The monoisotopic (exact) mass is 525 g/mol. The normalized spacial score (nSPS) is 20.0. The largest absolute Gasteiger partial charge is 0.378 e. The van der Waals surface area contributed by atoms with Gasteiger partial charge in [-0.05, 0) is 42.0 Å². The van der Waals surface area contributed by atoms with E-state index in [1.807, 2.05) is 17.5 Å². The first-order valence-corrected chi connectivity index (χ1v) is 14.2. The molecule has 0 unspecified atom stereocenters. The number of likely N-dealkylation sites (tertiary alicyclic amines) is 1. The number of halogens is 1. The molecule has 1 aromatic heterocycles. The maximum Gasteiger partial charge on any atom is 0.245 e. The smallest absolute Gasteiger partial charge is 0.245 e. The number of carbonyl (C=O) groups is 2. The molecule has 0 aliphatic carbocycles. The Morgan fingerprint density at radius 2 is 1.91 bits per heavy atom. The van der Waals surface area contributed by atoms with E-state index in [1.165, 1.54) is 11.3 Å². The second-order valence-corrected chi connectivity index (χ2v) is 11.8. The highest BCUT2D eigenvalue weighted by atomic mass is 35.5. The summed E-state index contributed by atoms with van der Waals surface area (Å²) in [6.45, 7) is 2.25. The number of morpholine rings is 1. The lowest BCUT2D eigenvalue weighted by molar-refractivity contribution is -0.146. The van der Waals surface area contributed by atoms with Crippen LogP contribution in [0.1, 0.15) is 16.9 Å². The van der Waals surface area contributed by atoms with Crippen molar-refractivity contribution in [2.75, 3.05) is 38.6 Å². The predicted molar refractivity (Wildman–Crippen MR) is 131 cm³/mol. The number of hydrogen-bond donors (Lipinski definition) is 1. The third-order valence-corrected chi connectivity index (χ3v) is 8.63. The van der Waals surface area contributed by atoms with Crippen LogP contribution in [0.5, 0.6) is 0 Å². The SMILES string of the molecule is O=C([C@H](Cc1cccs1)N1CC[C@H](NS(=O)(=O)CCc2ccc(Cl)cc2)C1=O)N1CCOCC1. The summed E-state index contributed by atoms with van der Waals surface area (Å²) in [6, 6.07) is 9.34. The van der Waals surface area contributed by atoms with Gasteiger partial charge in [0.2, 0.25) is 21.8 Å². The van der Waals surface area contributed by atoms with Crippen molar-refractivity contribution in [3.63, 3.8) is 0 Å². The molecule has 2 fully saturated rings. The molecule has 2 aliphatic rings.